The van der Waals surface area contributed by atoms with Crippen molar-refractivity contribution in [1.29, 1.82) is 0 Å². The van der Waals surface area contributed by atoms with Crippen molar-refractivity contribution in [2.75, 3.05) is 33.3 Å². The Morgan fingerprint density at radius 3 is 2.21 bits per heavy atom. The van der Waals surface area contributed by atoms with Crippen LogP contribution in [-0.4, -0.2) is 61.1 Å². The molecule has 0 spiro atoms. The molecule has 3 rings (SSSR count). The summed E-state index contributed by atoms with van der Waals surface area (Å²) in [6, 6.07) is 16.0. The molecule has 0 aliphatic carbocycles. The first-order chi connectivity index (χ1) is 14.0. The predicted molar refractivity (Wildman–Crippen MR) is 111 cm³/mol. The molecule has 1 aliphatic heterocycles. The zero-order chi connectivity index (χ0) is 20.8. The molecule has 0 radical (unpaired) electrons. The molecule has 2 aromatic carbocycles. The Hall–Kier alpha value is -2.57. The third-order valence-electron chi connectivity index (χ3n) is 5.02. The van der Waals surface area contributed by atoms with E-state index in [-0.39, 0.29) is 11.9 Å². The molecule has 1 amide bonds. The molecule has 1 aliphatic rings. The number of piperazine rings is 1. The SMILES string of the molecule is COC(=O)C(c1ccccc1Cl)N1CCN(C(=O)C(C)Oc2ccccc2)CC1. The molecule has 0 N–H and O–H groups in total. The molecule has 7 heteroatoms. The largest absolute Gasteiger partial charge is 0.481 e. The third-order valence-corrected chi connectivity index (χ3v) is 5.36. The first-order valence-corrected chi connectivity index (χ1v) is 9.96. The summed E-state index contributed by atoms with van der Waals surface area (Å²) in [7, 11) is 1.37. The number of ether oxygens (including phenoxy) is 2. The lowest BCUT2D eigenvalue weighted by Gasteiger charge is -2.39. The van der Waals surface area contributed by atoms with Gasteiger partial charge in [-0.3, -0.25) is 9.69 Å². The van der Waals surface area contributed by atoms with Crippen LogP contribution < -0.4 is 4.74 Å². The number of esters is 1. The van der Waals surface area contributed by atoms with Gasteiger partial charge in [0.1, 0.15) is 11.8 Å². The molecule has 0 saturated carbocycles. The number of nitrogens with zero attached hydrogens (tertiary/aromatic N) is 2. The number of benzene rings is 2. The number of halogens is 1. The zero-order valence-corrected chi connectivity index (χ0v) is 17.3. The second kappa shape index (κ2) is 9.76. The Kier molecular flexibility index (Phi) is 7.12. The summed E-state index contributed by atoms with van der Waals surface area (Å²) in [6.45, 7) is 3.82. The monoisotopic (exact) mass is 416 g/mol. The molecular formula is C22H25ClN2O4. The van der Waals surface area contributed by atoms with Gasteiger partial charge in [0.05, 0.1) is 7.11 Å². The van der Waals surface area contributed by atoms with E-state index in [0.29, 0.717) is 42.5 Å². The van der Waals surface area contributed by atoms with Gasteiger partial charge in [0.15, 0.2) is 6.10 Å². The number of rotatable bonds is 6. The maximum atomic E-state index is 12.8. The predicted octanol–water partition coefficient (Wildman–Crippen LogP) is 3.17. The summed E-state index contributed by atoms with van der Waals surface area (Å²) < 4.78 is 10.8. The van der Waals surface area contributed by atoms with Gasteiger partial charge in [-0.05, 0) is 30.7 Å². The molecule has 154 valence electrons. The van der Waals surface area contributed by atoms with E-state index < -0.39 is 12.1 Å². The van der Waals surface area contributed by atoms with Gasteiger partial charge in [-0.1, -0.05) is 48.0 Å². The third kappa shape index (κ3) is 5.08. The van der Waals surface area contributed by atoms with E-state index in [4.69, 9.17) is 21.1 Å². The minimum absolute atomic E-state index is 0.0686. The highest BCUT2D eigenvalue weighted by Gasteiger charge is 2.34. The summed E-state index contributed by atoms with van der Waals surface area (Å²) in [4.78, 5) is 29.0. The minimum Gasteiger partial charge on any atom is -0.481 e. The highest BCUT2D eigenvalue weighted by atomic mass is 35.5. The van der Waals surface area contributed by atoms with Gasteiger partial charge in [-0.25, -0.2) is 4.79 Å². The Morgan fingerprint density at radius 2 is 1.59 bits per heavy atom. The average Bonchev–Trinajstić information content (AvgIpc) is 2.75. The lowest BCUT2D eigenvalue weighted by Crippen LogP contribution is -2.53. The van der Waals surface area contributed by atoms with Crippen molar-refractivity contribution < 1.29 is 19.1 Å². The second-order valence-corrected chi connectivity index (χ2v) is 7.29. The van der Waals surface area contributed by atoms with E-state index in [9.17, 15) is 9.59 Å². The molecule has 2 aromatic rings. The molecular weight excluding hydrogens is 392 g/mol. The lowest BCUT2D eigenvalue weighted by molar-refractivity contribution is -0.149. The summed E-state index contributed by atoms with van der Waals surface area (Å²) in [5.41, 5.74) is 0.710. The molecule has 0 bridgehead atoms. The van der Waals surface area contributed by atoms with Crippen molar-refractivity contribution in [3.05, 3.63) is 65.2 Å². The van der Waals surface area contributed by atoms with E-state index in [1.54, 1.807) is 17.9 Å². The number of amides is 1. The number of hydrogen-bond acceptors (Lipinski definition) is 5. The normalized spacial score (nSPS) is 16.7. The molecule has 0 aromatic heterocycles. The minimum atomic E-state index is -0.594. The number of methoxy groups -OCH3 is 1. The van der Waals surface area contributed by atoms with Crippen LogP contribution in [0.5, 0.6) is 5.75 Å². The van der Waals surface area contributed by atoms with Gasteiger partial charge >= 0.3 is 5.97 Å². The van der Waals surface area contributed by atoms with Crippen molar-refractivity contribution in [3.63, 3.8) is 0 Å². The fourth-order valence-electron chi connectivity index (χ4n) is 3.49. The van der Waals surface area contributed by atoms with Crippen LogP contribution in [0.3, 0.4) is 0 Å². The number of hydrogen-bond donors (Lipinski definition) is 0. The van der Waals surface area contributed by atoms with Crippen LogP contribution in [0.2, 0.25) is 5.02 Å². The molecule has 1 fully saturated rings. The maximum absolute atomic E-state index is 12.8. The van der Waals surface area contributed by atoms with Crippen molar-refractivity contribution in [2.45, 2.75) is 19.1 Å². The van der Waals surface area contributed by atoms with Crippen LogP contribution in [-0.2, 0) is 14.3 Å². The first kappa shape index (κ1) is 21.1. The fraction of sp³-hybridized carbons (Fsp3) is 0.364. The second-order valence-electron chi connectivity index (χ2n) is 6.88. The van der Waals surface area contributed by atoms with Crippen LogP contribution in [0.25, 0.3) is 0 Å². The van der Waals surface area contributed by atoms with Crippen molar-refractivity contribution >= 4 is 23.5 Å². The average molecular weight is 417 g/mol. The Balaban J connectivity index is 1.64. The molecule has 1 saturated heterocycles. The standard InChI is InChI=1S/C22H25ClN2O4/c1-16(29-17-8-4-3-5-9-17)21(26)25-14-12-24(13-15-25)20(22(27)28-2)18-10-6-7-11-19(18)23/h3-11,16,20H,12-15H2,1-2H3. The lowest BCUT2D eigenvalue weighted by atomic mass is 10.0. The zero-order valence-electron chi connectivity index (χ0n) is 16.6. The van der Waals surface area contributed by atoms with Gasteiger partial charge in [0.2, 0.25) is 0 Å². The Bertz CT molecular complexity index is 838. The highest BCUT2D eigenvalue weighted by Crippen LogP contribution is 2.29. The van der Waals surface area contributed by atoms with Crippen LogP contribution >= 0.6 is 11.6 Å². The summed E-state index contributed by atoms with van der Waals surface area (Å²) in [6.07, 6.45) is -0.580. The van der Waals surface area contributed by atoms with Crippen LogP contribution in [0.15, 0.2) is 54.6 Å². The summed E-state index contributed by atoms with van der Waals surface area (Å²) >= 11 is 6.32. The van der Waals surface area contributed by atoms with Crippen molar-refractivity contribution in [3.8, 4) is 5.75 Å². The van der Waals surface area contributed by atoms with Gasteiger partial charge in [-0.15, -0.1) is 0 Å². The summed E-state index contributed by atoms with van der Waals surface area (Å²) in [5.74, 6) is 0.232. The van der Waals surface area contributed by atoms with Crippen LogP contribution in [0.1, 0.15) is 18.5 Å². The fourth-order valence-corrected chi connectivity index (χ4v) is 3.73. The Labute approximate surface area is 176 Å². The van der Waals surface area contributed by atoms with E-state index in [0.717, 1.165) is 0 Å². The topological polar surface area (TPSA) is 59.1 Å². The molecule has 2 atom stereocenters. The van der Waals surface area contributed by atoms with E-state index in [2.05, 4.69) is 0 Å². The van der Waals surface area contributed by atoms with Crippen LogP contribution in [0.4, 0.5) is 0 Å². The van der Waals surface area contributed by atoms with E-state index in [1.807, 2.05) is 53.4 Å². The smallest absolute Gasteiger partial charge is 0.327 e. The molecule has 1 heterocycles. The maximum Gasteiger partial charge on any atom is 0.327 e. The molecule has 29 heavy (non-hydrogen) atoms. The van der Waals surface area contributed by atoms with Gasteiger partial charge < -0.3 is 14.4 Å². The number of carbonyl (C=O) groups is 2. The quantitative estimate of drug-likeness (QED) is 0.677. The number of carbonyl (C=O) groups excluding carboxylic acids is 2. The van der Waals surface area contributed by atoms with E-state index in [1.165, 1.54) is 7.11 Å². The van der Waals surface area contributed by atoms with Gasteiger partial charge in [-0.2, -0.15) is 0 Å². The first-order valence-electron chi connectivity index (χ1n) is 9.58. The molecule has 2 unspecified atom stereocenters. The molecule has 6 nitrogen and oxygen atoms in total. The van der Waals surface area contributed by atoms with E-state index >= 15 is 0 Å². The summed E-state index contributed by atoms with van der Waals surface area (Å²) in [5, 5.41) is 0.520. The van der Waals surface area contributed by atoms with Gasteiger partial charge in [0.25, 0.3) is 5.91 Å². The van der Waals surface area contributed by atoms with Crippen molar-refractivity contribution in [2.24, 2.45) is 0 Å². The Morgan fingerprint density at radius 1 is 0.966 bits per heavy atom. The highest BCUT2D eigenvalue weighted by molar-refractivity contribution is 6.31. The van der Waals surface area contributed by atoms with Gasteiger partial charge in [0, 0.05) is 31.2 Å². The van der Waals surface area contributed by atoms with Crippen LogP contribution in [0, 0.1) is 0 Å². The number of para-hydroxylation sites is 1. The van der Waals surface area contributed by atoms with Crippen molar-refractivity contribution in [1.82, 2.24) is 9.80 Å².